The van der Waals surface area contributed by atoms with Crippen LogP contribution in [0.2, 0.25) is 0 Å². The Labute approximate surface area is 128 Å². The minimum absolute atomic E-state index is 0.0451. The number of amides is 1. The molecule has 0 saturated carbocycles. The highest BCUT2D eigenvalue weighted by atomic mass is 16.5. The highest BCUT2D eigenvalue weighted by Gasteiger charge is 2.18. The van der Waals surface area contributed by atoms with E-state index < -0.39 is 0 Å². The van der Waals surface area contributed by atoms with Gasteiger partial charge in [0, 0.05) is 30.9 Å². The van der Waals surface area contributed by atoms with E-state index in [0.29, 0.717) is 18.7 Å². The molecule has 1 N–H and O–H groups in total. The molecule has 116 valence electrons. The van der Waals surface area contributed by atoms with Gasteiger partial charge in [-0.2, -0.15) is 0 Å². The van der Waals surface area contributed by atoms with Crippen LogP contribution in [0.15, 0.2) is 36.9 Å². The average Bonchev–Trinajstić information content (AvgIpc) is 3.07. The molecule has 0 unspecified atom stereocenters. The summed E-state index contributed by atoms with van der Waals surface area (Å²) in [6.45, 7) is 2.99. The number of nitrogens with one attached hydrogen (secondary N) is 1. The van der Waals surface area contributed by atoms with Crippen molar-refractivity contribution in [3.63, 3.8) is 0 Å². The minimum Gasteiger partial charge on any atom is -0.374 e. The number of aromatic nitrogens is 3. The van der Waals surface area contributed by atoms with Gasteiger partial charge < -0.3 is 15.0 Å². The van der Waals surface area contributed by atoms with Gasteiger partial charge in [0.25, 0.3) is 5.91 Å². The largest absolute Gasteiger partial charge is 0.374 e. The molecule has 1 amide bonds. The van der Waals surface area contributed by atoms with Crippen molar-refractivity contribution in [1.29, 1.82) is 0 Å². The zero-order valence-electron chi connectivity index (χ0n) is 12.5. The normalized spacial score (nSPS) is 19.0. The van der Waals surface area contributed by atoms with Crippen molar-refractivity contribution in [2.24, 2.45) is 0 Å². The van der Waals surface area contributed by atoms with Gasteiger partial charge in [-0.05, 0) is 25.2 Å². The number of nitrogens with zero attached hydrogens (tertiary/aromatic N) is 4. The van der Waals surface area contributed by atoms with Crippen molar-refractivity contribution < 1.29 is 9.53 Å². The summed E-state index contributed by atoms with van der Waals surface area (Å²) >= 11 is 0. The first kappa shape index (κ1) is 14.7. The predicted molar refractivity (Wildman–Crippen MR) is 80.9 cm³/mol. The molecule has 1 aromatic carbocycles. The van der Waals surface area contributed by atoms with Crippen LogP contribution in [0, 0.1) is 0 Å². The monoisotopic (exact) mass is 301 g/mol. The Morgan fingerprint density at radius 2 is 2.23 bits per heavy atom. The third-order valence-corrected chi connectivity index (χ3v) is 3.66. The summed E-state index contributed by atoms with van der Waals surface area (Å²) in [6.07, 6.45) is 3.24. The quantitative estimate of drug-likeness (QED) is 0.881. The Kier molecular flexibility index (Phi) is 4.45. The molecule has 1 atom stereocenters. The van der Waals surface area contributed by atoms with E-state index in [-0.39, 0.29) is 12.0 Å². The van der Waals surface area contributed by atoms with E-state index in [1.54, 1.807) is 23.3 Å². The van der Waals surface area contributed by atoms with E-state index >= 15 is 0 Å². The molecule has 3 rings (SSSR count). The summed E-state index contributed by atoms with van der Waals surface area (Å²) in [6, 6.07) is 7.35. The molecule has 0 aliphatic carbocycles. The van der Waals surface area contributed by atoms with Crippen molar-refractivity contribution in [2.45, 2.75) is 6.10 Å². The van der Waals surface area contributed by atoms with Crippen LogP contribution in [0.4, 0.5) is 0 Å². The summed E-state index contributed by atoms with van der Waals surface area (Å²) in [4.78, 5) is 14.5. The van der Waals surface area contributed by atoms with Gasteiger partial charge in [-0.25, -0.2) is 0 Å². The molecule has 1 saturated heterocycles. The summed E-state index contributed by atoms with van der Waals surface area (Å²) < 4.78 is 7.40. The van der Waals surface area contributed by atoms with Crippen molar-refractivity contribution in [1.82, 2.24) is 25.0 Å². The number of hydrogen-bond acceptors (Lipinski definition) is 5. The maximum atomic E-state index is 12.3. The highest BCUT2D eigenvalue weighted by Crippen LogP contribution is 2.10. The zero-order chi connectivity index (χ0) is 15.4. The summed E-state index contributed by atoms with van der Waals surface area (Å²) in [5.41, 5.74) is 1.46. The molecule has 22 heavy (non-hydrogen) atoms. The molecule has 1 aromatic heterocycles. The Balaban J connectivity index is 1.61. The maximum Gasteiger partial charge on any atom is 0.251 e. The summed E-state index contributed by atoms with van der Waals surface area (Å²) in [5, 5.41) is 10.5. The van der Waals surface area contributed by atoms with Crippen LogP contribution < -0.4 is 5.32 Å². The molecular formula is C15H19N5O2. The molecule has 2 aromatic rings. The van der Waals surface area contributed by atoms with Crippen molar-refractivity contribution in [2.75, 3.05) is 33.3 Å². The predicted octanol–water partition coefficient (Wildman–Crippen LogP) is 0.328. The van der Waals surface area contributed by atoms with Gasteiger partial charge in [0.2, 0.25) is 0 Å². The molecule has 1 aliphatic heterocycles. The van der Waals surface area contributed by atoms with E-state index in [1.165, 1.54) is 0 Å². The van der Waals surface area contributed by atoms with Gasteiger partial charge in [-0.15, -0.1) is 10.2 Å². The van der Waals surface area contributed by atoms with Crippen LogP contribution in [0.5, 0.6) is 0 Å². The number of hydrogen-bond donors (Lipinski definition) is 1. The number of likely N-dealkylation sites (N-methyl/N-ethyl adjacent to an activating group) is 1. The third kappa shape index (κ3) is 3.49. The Morgan fingerprint density at radius 1 is 1.41 bits per heavy atom. The van der Waals surface area contributed by atoms with Crippen molar-refractivity contribution >= 4 is 5.91 Å². The van der Waals surface area contributed by atoms with Crippen LogP contribution in [-0.2, 0) is 4.74 Å². The highest BCUT2D eigenvalue weighted by molar-refractivity contribution is 5.94. The van der Waals surface area contributed by atoms with Gasteiger partial charge in [-0.1, -0.05) is 6.07 Å². The fourth-order valence-electron chi connectivity index (χ4n) is 2.44. The van der Waals surface area contributed by atoms with Crippen LogP contribution in [-0.4, -0.2) is 65.0 Å². The number of morpholine rings is 1. The lowest BCUT2D eigenvalue weighted by atomic mass is 10.2. The Bertz CT molecular complexity index is 629. The van der Waals surface area contributed by atoms with Gasteiger partial charge in [-0.3, -0.25) is 9.36 Å². The lowest BCUT2D eigenvalue weighted by Crippen LogP contribution is -2.45. The maximum absolute atomic E-state index is 12.3. The van der Waals surface area contributed by atoms with Gasteiger partial charge in [0.1, 0.15) is 12.7 Å². The first-order chi connectivity index (χ1) is 10.7. The number of benzene rings is 1. The molecule has 0 bridgehead atoms. The Morgan fingerprint density at radius 3 is 3.00 bits per heavy atom. The van der Waals surface area contributed by atoms with Gasteiger partial charge >= 0.3 is 0 Å². The van der Waals surface area contributed by atoms with E-state index in [2.05, 4.69) is 27.5 Å². The van der Waals surface area contributed by atoms with E-state index in [9.17, 15) is 4.79 Å². The number of ether oxygens (including phenoxy) is 1. The summed E-state index contributed by atoms with van der Waals surface area (Å²) in [5.74, 6) is -0.105. The van der Waals surface area contributed by atoms with Crippen molar-refractivity contribution in [3.8, 4) is 5.69 Å². The van der Waals surface area contributed by atoms with Crippen LogP contribution >= 0.6 is 0 Å². The average molecular weight is 301 g/mol. The number of carbonyl (C=O) groups excluding carboxylic acids is 1. The fraction of sp³-hybridized carbons (Fsp3) is 0.400. The van der Waals surface area contributed by atoms with E-state index in [0.717, 1.165) is 18.8 Å². The van der Waals surface area contributed by atoms with Crippen LogP contribution in [0.25, 0.3) is 5.69 Å². The van der Waals surface area contributed by atoms with Gasteiger partial charge in [0.05, 0.1) is 12.7 Å². The number of carbonyl (C=O) groups is 1. The second kappa shape index (κ2) is 6.67. The summed E-state index contributed by atoms with van der Waals surface area (Å²) in [7, 11) is 2.06. The lowest BCUT2D eigenvalue weighted by Gasteiger charge is -2.30. The molecule has 1 aliphatic rings. The van der Waals surface area contributed by atoms with Crippen LogP contribution in [0.3, 0.4) is 0 Å². The zero-order valence-corrected chi connectivity index (χ0v) is 12.5. The number of rotatable bonds is 4. The van der Waals surface area contributed by atoms with Crippen molar-refractivity contribution in [3.05, 3.63) is 42.5 Å². The molecule has 0 radical (unpaired) electrons. The van der Waals surface area contributed by atoms with E-state index in [4.69, 9.17) is 4.74 Å². The first-order valence-corrected chi connectivity index (χ1v) is 7.26. The fourth-order valence-corrected chi connectivity index (χ4v) is 2.44. The third-order valence-electron chi connectivity index (χ3n) is 3.66. The standard InChI is InChI=1S/C15H19N5O2/c1-19-5-6-22-14(9-19)8-16-15(21)12-3-2-4-13(7-12)20-10-17-18-11-20/h2-4,7,10-11,14H,5-6,8-9H2,1H3,(H,16,21)/t14-/m0/s1. The Hall–Kier alpha value is -2.25. The molecule has 0 spiro atoms. The van der Waals surface area contributed by atoms with E-state index in [1.807, 2.05) is 18.2 Å². The smallest absolute Gasteiger partial charge is 0.251 e. The lowest BCUT2D eigenvalue weighted by molar-refractivity contribution is -0.0175. The van der Waals surface area contributed by atoms with Gasteiger partial charge in [0.15, 0.2) is 0 Å². The molecule has 7 nitrogen and oxygen atoms in total. The molecular weight excluding hydrogens is 282 g/mol. The molecule has 2 heterocycles. The topological polar surface area (TPSA) is 72.3 Å². The van der Waals surface area contributed by atoms with Crippen LogP contribution in [0.1, 0.15) is 10.4 Å². The second-order valence-electron chi connectivity index (χ2n) is 5.38. The molecule has 1 fully saturated rings. The SMILES string of the molecule is CN1CCO[C@@H](CNC(=O)c2cccc(-n3cnnc3)c2)C1. The first-order valence-electron chi connectivity index (χ1n) is 7.26. The minimum atomic E-state index is -0.105. The molecule has 7 heteroatoms. The second-order valence-corrected chi connectivity index (χ2v) is 5.38.